The zero-order valence-corrected chi connectivity index (χ0v) is 14.5. The average Bonchev–Trinajstić information content (AvgIpc) is 2.41. The standard InChI is InChI=1S/C15H24N2O4S/c1-15(2,3)12-8-6-7-9-13(12)17(22(5,19)20)11-10-16-14(18)21-4/h6-9H,10-11H2,1-5H3,(H,16,18). The number of hydrogen-bond donors (Lipinski definition) is 1. The van der Waals surface area contributed by atoms with E-state index in [0.717, 1.165) is 11.8 Å². The summed E-state index contributed by atoms with van der Waals surface area (Å²) in [4.78, 5) is 11.1. The Morgan fingerprint density at radius 3 is 2.36 bits per heavy atom. The molecule has 1 aromatic carbocycles. The number of ether oxygens (including phenoxy) is 1. The molecule has 0 saturated carbocycles. The second-order valence-electron chi connectivity index (χ2n) is 6.02. The normalized spacial score (nSPS) is 11.9. The van der Waals surface area contributed by atoms with Crippen molar-refractivity contribution in [2.24, 2.45) is 0 Å². The maximum Gasteiger partial charge on any atom is 0.406 e. The van der Waals surface area contributed by atoms with Gasteiger partial charge >= 0.3 is 6.09 Å². The number of carbonyl (C=O) groups is 1. The Labute approximate surface area is 132 Å². The zero-order valence-electron chi connectivity index (χ0n) is 13.7. The van der Waals surface area contributed by atoms with Crippen molar-refractivity contribution in [2.45, 2.75) is 26.2 Å². The van der Waals surface area contributed by atoms with Gasteiger partial charge in [0, 0.05) is 6.54 Å². The molecule has 0 unspecified atom stereocenters. The Balaban J connectivity index is 3.12. The van der Waals surface area contributed by atoms with E-state index in [1.54, 1.807) is 12.1 Å². The van der Waals surface area contributed by atoms with Crippen molar-refractivity contribution in [1.82, 2.24) is 5.32 Å². The predicted octanol–water partition coefficient (Wildman–Crippen LogP) is 2.11. The van der Waals surface area contributed by atoms with Crippen molar-refractivity contribution >= 4 is 21.8 Å². The molecule has 0 heterocycles. The molecule has 0 aliphatic heterocycles. The lowest BCUT2D eigenvalue weighted by atomic mass is 9.86. The number of sulfonamides is 1. The molecule has 0 fully saturated rings. The fourth-order valence-corrected chi connectivity index (χ4v) is 3.06. The van der Waals surface area contributed by atoms with Gasteiger partial charge in [-0.25, -0.2) is 13.2 Å². The van der Waals surface area contributed by atoms with Crippen molar-refractivity contribution in [2.75, 3.05) is 30.8 Å². The fraction of sp³-hybridized carbons (Fsp3) is 0.533. The summed E-state index contributed by atoms with van der Waals surface area (Å²) in [6.45, 7) is 6.39. The first-order valence-corrected chi connectivity index (χ1v) is 8.81. The number of methoxy groups -OCH3 is 1. The van der Waals surface area contributed by atoms with Crippen LogP contribution in [0.4, 0.5) is 10.5 Å². The third kappa shape index (κ3) is 4.91. The molecule has 0 spiro atoms. The van der Waals surface area contributed by atoms with Gasteiger partial charge in [0.2, 0.25) is 10.0 Å². The van der Waals surface area contributed by atoms with E-state index < -0.39 is 16.1 Å². The van der Waals surface area contributed by atoms with Gasteiger partial charge in [0.1, 0.15) is 0 Å². The number of amides is 1. The van der Waals surface area contributed by atoms with Crippen molar-refractivity contribution < 1.29 is 17.9 Å². The molecular weight excluding hydrogens is 304 g/mol. The molecule has 6 nitrogen and oxygen atoms in total. The summed E-state index contributed by atoms with van der Waals surface area (Å²) in [5.41, 5.74) is 1.36. The third-order valence-electron chi connectivity index (χ3n) is 3.15. The van der Waals surface area contributed by atoms with Crippen molar-refractivity contribution in [3.63, 3.8) is 0 Å². The van der Waals surface area contributed by atoms with Crippen LogP contribution in [0.15, 0.2) is 24.3 Å². The van der Waals surface area contributed by atoms with Gasteiger partial charge in [0.25, 0.3) is 0 Å². The molecule has 1 rings (SSSR count). The summed E-state index contributed by atoms with van der Waals surface area (Å²) in [5, 5.41) is 2.50. The Hall–Kier alpha value is -1.76. The Morgan fingerprint density at radius 1 is 1.27 bits per heavy atom. The fourth-order valence-electron chi connectivity index (χ4n) is 2.12. The lowest BCUT2D eigenvalue weighted by molar-refractivity contribution is 0.171. The summed E-state index contributed by atoms with van der Waals surface area (Å²) in [7, 11) is -2.20. The number of nitrogens with one attached hydrogen (secondary N) is 1. The Morgan fingerprint density at radius 2 is 1.86 bits per heavy atom. The smallest absolute Gasteiger partial charge is 0.406 e. The molecule has 124 valence electrons. The van der Waals surface area contributed by atoms with Gasteiger partial charge < -0.3 is 10.1 Å². The number of benzene rings is 1. The monoisotopic (exact) mass is 328 g/mol. The van der Waals surface area contributed by atoms with E-state index in [0.29, 0.717) is 5.69 Å². The maximum atomic E-state index is 12.1. The summed E-state index contributed by atoms with van der Waals surface area (Å²) in [6.07, 6.45) is 0.572. The highest BCUT2D eigenvalue weighted by Crippen LogP contribution is 2.32. The maximum absolute atomic E-state index is 12.1. The van der Waals surface area contributed by atoms with Crippen LogP contribution in [0.5, 0.6) is 0 Å². The van der Waals surface area contributed by atoms with Crippen LogP contribution < -0.4 is 9.62 Å². The average molecular weight is 328 g/mol. The third-order valence-corrected chi connectivity index (χ3v) is 4.33. The largest absolute Gasteiger partial charge is 0.453 e. The molecule has 0 bridgehead atoms. The van der Waals surface area contributed by atoms with Crippen molar-refractivity contribution in [3.8, 4) is 0 Å². The molecule has 1 aromatic rings. The summed E-state index contributed by atoms with van der Waals surface area (Å²) < 4.78 is 30.1. The van der Waals surface area contributed by atoms with E-state index in [4.69, 9.17) is 0 Å². The quantitative estimate of drug-likeness (QED) is 0.898. The first-order chi connectivity index (χ1) is 10.1. The van der Waals surface area contributed by atoms with Crippen LogP contribution in [0.25, 0.3) is 0 Å². The lowest BCUT2D eigenvalue weighted by Gasteiger charge is -2.30. The summed E-state index contributed by atoms with van der Waals surface area (Å²) in [6, 6.07) is 7.38. The van der Waals surface area contributed by atoms with Crippen LogP contribution in [0, 0.1) is 0 Å². The predicted molar refractivity (Wildman–Crippen MR) is 87.7 cm³/mol. The minimum atomic E-state index is -3.46. The van der Waals surface area contributed by atoms with Gasteiger partial charge in [-0.05, 0) is 17.0 Å². The van der Waals surface area contributed by atoms with Gasteiger partial charge in [-0.15, -0.1) is 0 Å². The van der Waals surface area contributed by atoms with E-state index in [9.17, 15) is 13.2 Å². The number of rotatable bonds is 5. The number of nitrogens with zero attached hydrogens (tertiary/aromatic N) is 1. The number of carbonyl (C=O) groups excluding carboxylic acids is 1. The van der Waals surface area contributed by atoms with Gasteiger partial charge in [-0.2, -0.15) is 0 Å². The zero-order chi connectivity index (χ0) is 17.0. The first-order valence-electron chi connectivity index (χ1n) is 6.96. The van der Waals surface area contributed by atoms with E-state index >= 15 is 0 Å². The highest BCUT2D eigenvalue weighted by atomic mass is 32.2. The van der Waals surface area contributed by atoms with E-state index in [1.807, 2.05) is 32.9 Å². The number of para-hydroxylation sites is 1. The Bertz CT molecular complexity index is 621. The van der Waals surface area contributed by atoms with E-state index in [2.05, 4.69) is 10.1 Å². The first kappa shape index (κ1) is 18.3. The molecule has 1 N–H and O–H groups in total. The minimum Gasteiger partial charge on any atom is -0.453 e. The summed E-state index contributed by atoms with van der Waals surface area (Å²) in [5.74, 6) is 0. The highest BCUT2D eigenvalue weighted by molar-refractivity contribution is 7.92. The molecular formula is C15H24N2O4S. The number of hydrogen-bond acceptors (Lipinski definition) is 4. The SMILES string of the molecule is COC(=O)NCCN(c1ccccc1C(C)(C)C)S(C)(=O)=O. The van der Waals surface area contributed by atoms with Crippen LogP contribution >= 0.6 is 0 Å². The number of anilines is 1. The lowest BCUT2D eigenvalue weighted by Crippen LogP contribution is -2.39. The molecule has 0 atom stereocenters. The van der Waals surface area contributed by atoms with Gasteiger partial charge in [0.05, 0.1) is 25.6 Å². The molecule has 0 radical (unpaired) electrons. The van der Waals surface area contributed by atoms with Crippen molar-refractivity contribution in [3.05, 3.63) is 29.8 Å². The van der Waals surface area contributed by atoms with Crippen LogP contribution in [0.3, 0.4) is 0 Å². The molecule has 1 amide bonds. The molecule has 0 aliphatic rings. The molecule has 7 heteroatoms. The molecule has 0 aliphatic carbocycles. The van der Waals surface area contributed by atoms with Crippen LogP contribution in [0.1, 0.15) is 26.3 Å². The number of alkyl carbamates (subject to hydrolysis) is 1. The van der Waals surface area contributed by atoms with Gasteiger partial charge in [-0.1, -0.05) is 39.0 Å². The van der Waals surface area contributed by atoms with Crippen LogP contribution in [-0.2, 0) is 20.2 Å². The van der Waals surface area contributed by atoms with Crippen LogP contribution in [0.2, 0.25) is 0 Å². The molecule has 0 aromatic heterocycles. The molecule has 0 saturated heterocycles. The summed E-state index contributed by atoms with van der Waals surface area (Å²) >= 11 is 0. The van der Waals surface area contributed by atoms with Crippen molar-refractivity contribution in [1.29, 1.82) is 0 Å². The van der Waals surface area contributed by atoms with E-state index in [-0.39, 0.29) is 18.5 Å². The second kappa shape index (κ2) is 7.00. The Kier molecular flexibility index (Phi) is 5.82. The highest BCUT2D eigenvalue weighted by Gasteiger charge is 2.25. The van der Waals surface area contributed by atoms with E-state index in [1.165, 1.54) is 11.4 Å². The van der Waals surface area contributed by atoms with Gasteiger partial charge in [0.15, 0.2) is 0 Å². The molecule has 22 heavy (non-hydrogen) atoms. The minimum absolute atomic E-state index is 0.140. The van der Waals surface area contributed by atoms with Crippen LogP contribution in [-0.4, -0.2) is 41.0 Å². The van der Waals surface area contributed by atoms with Gasteiger partial charge in [-0.3, -0.25) is 4.31 Å². The topological polar surface area (TPSA) is 75.7 Å². The second-order valence-corrected chi connectivity index (χ2v) is 7.93.